The monoisotopic (exact) mass is 212 g/mol. The third kappa shape index (κ3) is 3.80. The Labute approximate surface area is 86.6 Å². The van der Waals surface area contributed by atoms with Crippen molar-refractivity contribution in [3.05, 3.63) is 18.0 Å². The van der Waals surface area contributed by atoms with E-state index in [4.69, 9.17) is 4.74 Å². The highest BCUT2D eigenvalue weighted by Crippen LogP contribution is 1.93. The second-order valence-corrected chi connectivity index (χ2v) is 2.70. The number of rotatable bonds is 5. The van der Waals surface area contributed by atoms with Gasteiger partial charge in [0.15, 0.2) is 5.69 Å². The fraction of sp³-hybridized carbons (Fsp3) is 0.444. The van der Waals surface area contributed by atoms with E-state index in [0.29, 0.717) is 6.61 Å². The van der Waals surface area contributed by atoms with Gasteiger partial charge in [0.2, 0.25) is 0 Å². The number of nitrogens with zero attached hydrogens (tertiary/aromatic N) is 1. The summed E-state index contributed by atoms with van der Waals surface area (Å²) in [6.45, 7) is 2.30. The van der Waals surface area contributed by atoms with Crippen molar-refractivity contribution < 1.29 is 18.8 Å². The van der Waals surface area contributed by atoms with Crippen LogP contribution in [0.15, 0.2) is 16.9 Å². The summed E-state index contributed by atoms with van der Waals surface area (Å²) in [5.41, 5.74) is 0.193. The Kier molecular flexibility index (Phi) is 4.33. The average molecular weight is 212 g/mol. The lowest BCUT2D eigenvalue weighted by molar-refractivity contribution is -0.142. The summed E-state index contributed by atoms with van der Waals surface area (Å²) in [5, 5.41) is 5.96. The van der Waals surface area contributed by atoms with Gasteiger partial charge in [0.25, 0.3) is 5.91 Å². The number of amides is 1. The van der Waals surface area contributed by atoms with E-state index >= 15 is 0 Å². The molecule has 0 radical (unpaired) electrons. The number of esters is 1. The van der Waals surface area contributed by atoms with Gasteiger partial charge < -0.3 is 14.6 Å². The summed E-state index contributed by atoms with van der Waals surface area (Å²) < 4.78 is 9.19. The van der Waals surface area contributed by atoms with Crippen molar-refractivity contribution in [3.63, 3.8) is 0 Å². The lowest BCUT2D eigenvalue weighted by Crippen LogP contribution is -2.26. The molecule has 0 saturated carbocycles. The van der Waals surface area contributed by atoms with Gasteiger partial charge in [0.1, 0.15) is 6.26 Å². The Morgan fingerprint density at radius 1 is 1.60 bits per heavy atom. The van der Waals surface area contributed by atoms with Gasteiger partial charge in [-0.2, -0.15) is 0 Å². The molecule has 0 aliphatic carbocycles. The Balaban J connectivity index is 2.21. The van der Waals surface area contributed by atoms with Crippen LogP contribution < -0.4 is 5.32 Å². The third-order valence-corrected chi connectivity index (χ3v) is 1.59. The molecule has 1 aromatic rings. The molecule has 0 bridgehead atoms. The minimum absolute atomic E-state index is 0.150. The lowest BCUT2D eigenvalue weighted by Gasteiger charge is -2.02. The molecule has 6 heteroatoms. The van der Waals surface area contributed by atoms with Crippen LogP contribution in [-0.4, -0.2) is 30.2 Å². The van der Waals surface area contributed by atoms with E-state index in [-0.39, 0.29) is 30.5 Å². The predicted octanol–water partition coefficient (Wildman–Crippen LogP) is 0.358. The molecule has 1 heterocycles. The maximum Gasteiger partial charge on any atom is 0.307 e. The van der Waals surface area contributed by atoms with Crippen molar-refractivity contribution in [1.82, 2.24) is 10.5 Å². The summed E-state index contributed by atoms with van der Waals surface area (Å²) in [6, 6.07) is 1.44. The lowest BCUT2D eigenvalue weighted by atomic mass is 10.4. The minimum Gasteiger partial charge on any atom is -0.466 e. The van der Waals surface area contributed by atoms with E-state index in [2.05, 4.69) is 15.0 Å². The second-order valence-electron chi connectivity index (χ2n) is 2.70. The number of carbonyl (C=O) groups excluding carboxylic acids is 2. The fourth-order valence-electron chi connectivity index (χ4n) is 0.931. The van der Waals surface area contributed by atoms with E-state index < -0.39 is 0 Å². The Bertz CT molecular complexity index is 321. The average Bonchev–Trinajstić information content (AvgIpc) is 2.70. The largest absolute Gasteiger partial charge is 0.466 e. The van der Waals surface area contributed by atoms with Crippen molar-refractivity contribution in [3.8, 4) is 0 Å². The molecular formula is C9H12N2O4. The van der Waals surface area contributed by atoms with Crippen molar-refractivity contribution in [2.24, 2.45) is 0 Å². The number of aromatic nitrogens is 1. The molecule has 15 heavy (non-hydrogen) atoms. The molecule has 0 atom stereocenters. The van der Waals surface area contributed by atoms with Crippen LogP contribution in [-0.2, 0) is 9.53 Å². The summed E-state index contributed by atoms with van der Waals surface area (Å²) in [5.74, 6) is -0.703. The number of nitrogens with one attached hydrogen (secondary N) is 1. The van der Waals surface area contributed by atoms with E-state index in [9.17, 15) is 9.59 Å². The van der Waals surface area contributed by atoms with E-state index in [0.717, 1.165) is 0 Å². The standard InChI is InChI=1S/C9H12N2O4/c1-2-14-8(12)3-5-10-9(13)7-4-6-15-11-7/h4,6H,2-3,5H2,1H3,(H,10,13). The maximum absolute atomic E-state index is 11.3. The molecule has 0 aliphatic heterocycles. The van der Waals surface area contributed by atoms with E-state index in [1.165, 1.54) is 12.3 Å². The van der Waals surface area contributed by atoms with Crippen molar-refractivity contribution in [2.75, 3.05) is 13.2 Å². The van der Waals surface area contributed by atoms with Gasteiger partial charge in [0, 0.05) is 12.6 Å². The normalized spacial score (nSPS) is 9.67. The first kappa shape index (κ1) is 11.2. The molecule has 0 unspecified atom stereocenters. The summed E-state index contributed by atoms with van der Waals surface area (Å²) in [6.07, 6.45) is 1.46. The van der Waals surface area contributed by atoms with Gasteiger partial charge in [-0.1, -0.05) is 5.16 Å². The van der Waals surface area contributed by atoms with Crippen molar-refractivity contribution in [1.29, 1.82) is 0 Å². The van der Waals surface area contributed by atoms with Crippen molar-refractivity contribution >= 4 is 11.9 Å². The van der Waals surface area contributed by atoms with Gasteiger partial charge in [-0.05, 0) is 6.92 Å². The minimum atomic E-state index is -0.368. The fourth-order valence-corrected chi connectivity index (χ4v) is 0.931. The molecule has 1 rings (SSSR count). The molecule has 0 spiro atoms. The first-order valence-corrected chi connectivity index (χ1v) is 4.58. The Morgan fingerprint density at radius 3 is 3.00 bits per heavy atom. The summed E-state index contributed by atoms with van der Waals surface area (Å²) >= 11 is 0. The number of hydrogen-bond acceptors (Lipinski definition) is 5. The summed E-state index contributed by atoms with van der Waals surface area (Å²) in [4.78, 5) is 22.2. The topological polar surface area (TPSA) is 81.4 Å². The van der Waals surface area contributed by atoms with Crippen LogP contribution in [0, 0.1) is 0 Å². The highest BCUT2D eigenvalue weighted by Gasteiger charge is 2.09. The van der Waals surface area contributed by atoms with Crippen LogP contribution in [0.4, 0.5) is 0 Å². The van der Waals surface area contributed by atoms with Crippen LogP contribution in [0.2, 0.25) is 0 Å². The van der Waals surface area contributed by atoms with Crippen LogP contribution in [0.1, 0.15) is 23.8 Å². The Hall–Kier alpha value is -1.85. The molecule has 1 amide bonds. The highest BCUT2D eigenvalue weighted by molar-refractivity contribution is 5.92. The zero-order chi connectivity index (χ0) is 11.1. The molecule has 0 aliphatic rings. The molecule has 0 aromatic carbocycles. The SMILES string of the molecule is CCOC(=O)CCNC(=O)c1ccon1. The van der Waals surface area contributed by atoms with E-state index in [1.807, 2.05) is 0 Å². The van der Waals surface area contributed by atoms with Gasteiger partial charge in [-0.15, -0.1) is 0 Å². The first-order valence-electron chi connectivity index (χ1n) is 4.58. The quantitative estimate of drug-likeness (QED) is 0.712. The molecule has 1 aromatic heterocycles. The number of carbonyl (C=O) groups is 2. The van der Waals surface area contributed by atoms with Gasteiger partial charge in [-0.25, -0.2) is 0 Å². The van der Waals surface area contributed by atoms with Crippen LogP contribution in [0.25, 0.3) is 0 Å². The van der Waals surface area contributed by atoms with Crippen LogP contribution >= 0.6 is 0 Å². The second kappa shape index (κ2) is 5.79. The molecule has 6 nitrogen and oxygen atoms in total. The summed E-state index contributed by atoms with van der Waals surface area (Å²) in [7, 11) is 0. The van der Waals surface area contributed by atoms with Crippen molar-refractivity contribution in [2.45, 2.75) is 13.3 Å². The molecular weight excluding hydrogens is 200 g/mol. The molecule has 0 saturated heterocycles. The predicted molar refractivity (Wildman–Crippen MR) is 50.1 cm³/mol. The Morgan fingerprint density at radius 2 is 2.40 bits per heavy atom. The molecule has 1 N–H and O–H groups in total. The zero-order valence-corrected chi connectivity index (χ0v) is 8.36. The van der Waals surface area contributed by atoms with Gasteiger partial charge >= 0.3 is 5.97 Å². The number of ether oxygens (including phenoxy) is 1. The smallest absolute Gasteiger partial charge is 0.307 e. The molecule has 82 valence electrons. The van der Waals surface area contributed by atoms with Crippen LogP contribution in [0.5, 0.6) is 0 Å². The molecule has 0 fully saturated rings. The first-order chi connectivity index (χ1) is 7.24. The maximum atomic E-state index is 11.3. The van der Waals surface area contributed by atoms with E-state index in [1.54, 1.807) is 6.92 Å². The zero-order valence-electron chi connectivity index (χ0n) is 8.36. The highest BCUT2D eigenvalue weighted by atomic mass is 16.5. The third-order valence-electron chi connectivity index (χ3n) is 1.59. The number of hydrogen-bond donors (Lipinski definition) is 1. The van der Waals surface area contributed by atoms with Crippen LogP contribution in [0.3, 0.4) is 0 Å². The van der Waals surface area contributed by atoms with Gasteiger partial charge in [-0.3, -0.25) is 9.59 Å². The van der Waals surface area contributed by atoms with Gasteiger partial charge in [0.05, 0.1) is 13.0 Å².